The molecule has 0 aromatic heterocycles. The van der Waals surface area contributed by atoms with Crippen LogP contribution in [-0.2, 0) is 65.4 Å². The first-order valence-corrected chi connectivity index (χ1v) is 42.8. The lowest BCUT2D eigenvalue weighted by Gasteiger charge is -2.21. The van der Waals surface area contributed by atoms with E-state index in [0.717, 1.165) is 96.3 Å². The zero-order valence-corrected chi connectivity index (χ0v) is 63.4. The van der Waals surface area contributed by atoms with E-state index in [1.807, 2.05) is 0 Å². The topological polar surface area (TPSA) is 237 Å². The normalized spacial score (nSPS) is 13.9. The lowest BCUT2D eigenvalue weighted by Crippen LogP contribution is -2.30. The molecule has 0 aromatic rings. The van der Waals surface area contributed by atoms with E-state index in [0.29, 0.717) is 25.7 Å². The van der Waals surface area contributed by atoms with Crippen molar-refractivity contribution < 1.29 is 80.2 Å². The summed E-state index contributed by atoms with van der Waals surface area (Å²) in [6, 6.07) is 0. The van der Waals surface area contributed by atoms with Crippen LogP contribution in [0.3, 0.4) is 0 Å². The summed E-state index contributed by atoms with van der Waals surface area (Å²) in [5.74, 6) is -2.11. The van der Waals surface area contributed by atoms with Crippen LogP contribution in [0.2, 0.25) is 0 Å². The van der Waals surface area contributed by atoms with Gasteiger partial charge in [-0.15, -0.1) is 0 Å². The Balaban J connectivity index is 5.17. The Hall–Kier alpha value is -1.94. The monoisotopic (exact) mass is 1400 g/mol. The van der Waals surface area contributed by atoms with Crippen molar-refractivity contribution in [2.24, 2.45) is 0 Å². The van der Waals surface area contributed by atoms with Crippen LogP contribution in [0.5, 0.6) is 0 Å². The molecule has 0 radical (unpaired) electrons. The van der Waals surface area contributed by atoms with Crippen molar-refractivity contribution in [3.05, 3.63) is 0 Å². The fourth-order valence-corrected chi connectivity index (χ4v) is 13.3. The van der Waals surface area contributed by atoms with Gasteiger partial charge in [0, 0.05) is 25.7 Å². The van der Waals surface area contributed by atoms with Crippen molar-refractivity contribution >= 4 is 39.5 Å². The number of carbonyl (C=O) groups is 4. The third-order valence-electron chi connectivity index (χ3n) is 17.9. The molecule has 564 valence electrons. The molecule has 0 aromatic carbocycles. The molecule has 0 aliphatic rings. The van der Waals surface area contributed by atoms with Crippen LogP contribution in [0.25, 0.3) is 0 Å². The van der Waals surface area contributed by atoms with Crippen LogP contribution in [0.1, 0.15) is 407 Å². The molecule has 0 rings (SSSR count). The van der Waals surface area contributed by atoms with Gasteiger partial charge >= 0.3 is 39.5 Å². The van der Waals surface area contributed by atoms with Gasteiger partial charge in [-0.3, -0.25) is 37.3 Å². The third-order valence-corrected chi connectivity index (χ3v) is 19.8. The standard InChI is InChI=1S/C76H148O17P2/c1-5-9-13-17-21-25-28-30-32-33-34-35-36-37-39-41-44-47-51-55-59-63-76(81)93-72(67-87-74(79)61-57-53-49-45-43-40-38-31-29-26-22-18-14-10-6-2)69-91-95(84,85)89-65-70(77)64-88-94(82,83)90-68-71(66-86-73(78)60-56-52-48-24-20-16-12-8-4)92-75(80)62-58-54-50-46-42-27-23-19-15-11-7-3/h70-72,77H,5-69H2,1-4H3,(H,82,83)(H,84,85)/t70-,71+,72+/m0/s1. The van der Waals surface area contributed by atoms with Gasteiger partial charge in [0.2, 0.25) is 0 Å². The molecule has 0 fully saturated rings. The highest BCUT2D eigenvalue weighted by molar-refractivity contribution is 7.47. The summed E-state index contributed by atoms with van der Waals surface area (Å²) in [5.41, 5.74) is 0. The molecule has 17 nitrogen and oxygen atoms in total. The Morgan fingerprint density at radius 2 is 0.421 bits per heavy atom. The first kappa shape index (κ1) is 93.1. The van der Waals surface area contributed by atoms with Crippen molar-refractivity contribution in [2.45, 2.75) is 425 Å². The van der Waals surface area contributed by atoms with Gasteiger partial charge in [-0.1, -0.05) is 355 Å². The molecule has 5 atom stereocenters. The van der Waals surface area contributed by atoms with E-state index in [4.69, 9.17) is 37.0 Å². The van der Waals surface area contributed by atoms with Gasteiger partial charge in [0.15, 0.2) is 12.2 Å². The number of rotatable bonds is 77. The fraction of sp³-hybridized carbons (Fsp3) is 0.947. The van der Waals surface area contributed by atoms with Crippen molar-refractivity contribution in [3.8, 4) is 0 Å². The molecular weight excluding hydrogens is 1250 g/mol. The van der Waals surface area contributed by atoms with Gasteiger partial charge in [0.25, 0.3) is 0 Å². The summed E-state index contributed by atoms with van der Waals surface area (Å²) in [7, 11) is -9.90. The molecule has 0 amide bonds. The van der Waals surface area contributed by atoms with Crippen LogP contribution >= 0.6 is 15.6 Å². The van der Waals surface area contributed by atoms with Gasteiger partial charge in [-0.25, -0.2) is 9.13 Å². The molecular formula is C76H148O17P2. The smallest absolute Gasteiger partial charge is 0.462 e. The molecule has 0 bridgehead atoms. The molecule has 0 spiro atoms. The second-order valence-electron chi connectivity index (χ2n) is 27.4. The van der Waals surface area contributed by atoms with Crippen molar-refractivity contribution in [2.75, 3.05) is 39.6 Å². The van der Waals surface area contributed by atoms with E-state index in [-0.39, 0.29) is 25.7 Å². The Morgan fingerprint density at radius 1 is 0.253 bits per heavy atom. The van der Waals surface area contributed by atoms with Crippen LogP contribution in [-0.4, -0.2) is 96.7 Å². The van der Waals surface area contributed by atoms with Crippen LogP contribution in [0.15, 0.2) is 0 Å². The Morgan fingerprint density at radius 3 is 0.621 bits per heavy atom. The van der Waals surface area contributed by atoms with Gasteiger partial charge in [-0.2, -0.15) is 0 Å². The summed E-state index contributed by atoms with van der Waals surface area (Å²) in [4.78, 5) is 72.7. The first-order valence-electron chi connectivity index (χ1n) is 39.8. The SMILES string of the molecule is CCCCCCCCCCCCCCCCCCCCCCCC(=O)O[C@H](COC(=O)CCCCCCCCCCCCCCCCC)COP(=O)(O)OC[C@@H](O)COP(=O)(O)OC[C@@H](COC(=O)CCCCCCCCCC)OC(=O)CCCCCCCCCCCCC. The predicted octanol–water partition coefficient (Wildman–Crippen LogP) is 22.6. The number of aliphatic hydroxyl groups excluding tert-OH is 1. The highest BCUT2D eigenvalue weighted by Gasteiger charge is 2.30. The zero-order valence-electron chi connectivity index (χ0n) is 61.6. The van der Waals surface area contributed by atoms with E-state index in [1.54, 1.807) is 0 Å². The Bertz CT molecular complexity index is 1810. The van der Waals surface area contributed by atoms with Crippen molar-refractivity contribution in [1.82, 2.24) is 0 Å². The number of hydrogen-bond acceptors (Lipinski definition) is 15. The summed E-state index contributed by atoms with van der Waals surface area (Å²) in [5, 5.41) is 10.6. The van der Waals surface area contributed by atoms with Gasteiger partial charge in [-0.05, 0) is 25.7 Å². The number of phosphoric acid groups is 2. The molecule has 0 saturated carbocycles. The van der Waals surface area contributed by atoms with E-state index >= 15 is 0 Å². The number of ether oxygens (including phenoxy) is 4. The first-order chi connectivity index (χ1) is 46.2. The molecule has 95 heavy (non-hydrogen) atoms. The number of phosphoric ester groups is 2. The van der Waals surface area contributed by atoms with E-state index in [1.165, 1.54) is 231 Å². The number of aliphatic hydroxyl groups is 1. The quantitative estimate of drug-likeness (QED) is 0.0222. The highest BCUT2D eigenvalue weighted by Crippen LogP contribution is 2.45. The lowest BCUT2D eigenvalue weighted by atomic mass is 10.0. The summed E-state index contributed by atoms with van der Waals surface area (Å²) < 4.78 is 68.4. The summed E-state index contributed by atoms with van der Waals surface area (Å²) in [6.45, 7) is 4.96. The summed E-state index contributed by atoms with van der Waals surface area (Å²) >= 11 is 0. The molecule has 2 unspecified atom stereocenters. The van der Waals surface area contributed by atoms with Gasteiger partial charge in [0.1, 0.15) is 19.3 Å². The number of unbranched alkanes of at least 4 members (excludes halogenated alkanes) is 51. The molecule has 0 aliphatic heterocycles. The second kappa shape index (κ2) is 70.5. The van der Waals surface area contributed by atoms with Crippen molar-refractivity contribution in [1.29, 1.82) is 0 Å². The minimum atomic E-state index is -4.96. The number of esters is 4. The highest BCUT2D eigenvalue weighted by atomic mass is 31.2. The van der Waals surface area contributed by atoms with Gasteiger partial charge < -0.3 is 33.8 Å². The molecule has 0 heterocycles. The minimum absolute atomic E-state index is 0.107. The maximum absolute atomic E-state index is 13.1. The molecule has 0 saturated heterocycles. The maximum atomic E-state index is 13.1. The third kappa shape index (κ3) is 70.3. The Kier molecular flexibility index (Phi) is 69.1. The largest absolute Gasteiger partial charge is 0.472 e. The van der Waals surface area contributed by atoms with Crippen LogP contribution in [0.4, 0.5) is 0 Å². The fourth-order valence-electron chi connectivity index (χ4n) is 11.8. The van der Waals surface area contributed by atoms with Crippen LogP contribution < -0.4 is 0 Å². The molecule has 19 heteroatoms. The Labute approximate surface area is 581 Å². The zero-order chi connectivity index (χ0) is 69.7. The van der Waals surface area contributed by atoms with Gasteiger partial charge in [0.05, 0.1) is 26.4 Å². The molecule has 3 N–H and O–H groups in total. The van der Waals surface area contributed by atoms with E-state index < -0.39 is 97.5 Å². The van der Waals surface area contributed by atoms with E-state index in [2.05, 4.69) is 27.7 Å². The number of carbonyl (C=O) groups excluding carboxylic acids is 4. The number of hydrogen-bond donors (Lipinski definition) is 3. The maximum Gasteiger partial charge on any atom is 0.472 e. The second-order valence-corrected chi connectivity index (χ2v) is 30.3. The average molecular weight is 1400 g/mol. The average Bonchev–Trinajstić information content (AvgIpc) is 3.74. The van der Waals surface area contributed by atoms with Crippen molar-refractivity contribution in [3.63, 3.8) is 0 Å². The predicted molar refractivity (Wildman–Crippen MR) is 386 cm³/mol. The molecule has 0 aliphatic carbocycles. The van der Waals surface area contributed by atoms with Crippen LogP contribution in [0, 0.1) is 0 Å². The minimum Gasteiger partial charge on any atom is -0.462 e. The lowest BCUT2D eigenvalue weighted by molar-refractivity contribution is -0.161. The summed E-state index contributed by atoms with van der Waals surface area (Å²) in [6.07, 6.45) is 61.2. The van der Waals surface area contributed by atoms with E-state index in [9.17, 15) is 43.2 Å².